The standard InChI is InChI=1S/C23H22ClF6NO4/c1-5-34-18(32)10-17(31-21(33)35-22(2,3)4)13-6-11(7-14(20(13)27)23(28,29)30)19-15(24)8-12(25)9-16(19)26/h6-9,17H,5,10H2,1-4H3,(H,31,33)/t17-/m0/s1. The van der Waals surface area contributed by atoms with Crippen molar-refractivity contribution < 1.29 is 45.4 Å². The Balaban J connectivity index is 2.74. The molecule has 2 aromatic rings. The molecule has 0 radical (unpaired) electrons. The lowest BCUT2D eigenvalue weighted by atomic mass is 9.93. The number of amides is 1. The Hall–Kier alpha value is -2.95. The van der Waals surface area contributed by atoms with Crippen LogP contribution in [0.15, 0.2) is 24.3 Å². The van der Waals surface area contributed by atoms with Gasteiger partial charge in [0.2, 0.25) is 0 Å². The monoisotopic (exact) mass is 525 g/mol. The van der Waals surface area contributed by atoms with E-state index in [1.807, 2.05) is 0 Å². The molecule has 0 aliphatic rings. The molecule has 35 heavy (non-hydrogen) atoms. The minimum atomic E-state index is -5.25. The maximum atomic E-state index is 15.2. The van der Waals surface area contributed by atoms with Gasteiger partial charge in [0.1, 0.15) is 23.1 Å². The first-order valence-corrected chi connectivity index (χ1v) is 10.6. The molecule has 0 saturated carbocycles. The summed E-state index contributed by atoms with van der Waals surface area (Å²) in [6.45, 7) is 5.90. The van der Waals surface area contributed by atoms with Gasteiger partial charge >= 0.3 is 18.2 Å². The molecule has 1 amide bonds. The number of alkyl carbamates (subject to hydrolysis) is 1. The lowest BCUT2D eigenvalue weighted by Gasteiger charge is -2.25. The van der Waals surface area contributed by atoms with Crippen molar-refractivity contribution in [1.82, 2.24) is 5.32 Å². The number of carbonyl (C=O) groups is 2. The molecule has 1 atom stereocenters. The van der Waals surface area contributed by atoms with Gasteiger partial charge in [-0.15, -0.1) is 0 Å². The van der Waals surface area contributed by atoms with Crippen molar-refractivity contribution in [2.45, 2.75) is 51.9 Å². The third-order valence-corrected chi connectivity index (χ3v) is 4.74. The number of hydrogen-bond donors (Lipinski definition) is 1. The number of alkyl halides is 3. The lowest BCUT2D eigenvalue weighted by molar-refractivity contribution is -0.143. The number of rotatable bonds is 6. The fourth-order valence-corrected chi connectivity index (χ4v) is 3.45. The second-order valence-electron chi connectivity index (χ2n) is 8.38. The van der Waals surface area contributed by atoms with Crippen molar-refractivity contribution in [1.29, 1.82) is 0 Å². The molecule has 0 aliphatic heterocycles. The number of carbonyl (C=O) groups excluding carboxylic acids is 2. The molecule has 0 bridgehead atoms. The first kappa shape index (κ1) is 28.3. The van der Waals surface area contributed by atoms with Gasteiger partial charge in [-0.25, -0.2) is 18.0 Å². The largest absolute Gasteiger partial charge is 0.466 e. The predicted octanol–water partition coefficient (Wildman–Crippen LogP) is 6.96. The molecule has 0 spiro atoms. The molecule has 12 heteroatoms. The highest BCUT2D eigenvalue weighted by Gasteiger charge is 2.38. The Morgan fingerprint density at radius 1 is 1.06 bits per heavy atom. The van der Waals surface area contributed by atoms with Gasteiger partial charge in [-0.2, -0.15) is 13.2 Å². The summed E-state index contributed by atoms with van der Waals surface area (Å²) in [6.07, 6.45) is -7.18. The van der Waals surface area contributed by atoms with Crippen LogP contribution in [0.2, 0.25) is 5.02 Å². The van der Waals surface area contributed by atoms with Crippen LogP contribution in [0.3, 0.4) is 0 Å². The highest BCUT2D eigenvalue weighted by Crippen LogP contribution is 2.40. The van der Waals surface area contributed by atoms with Crippen LogP contribution in [0.1, 0.15) is 51.3 Å². The molecule has 0 heterocycles. The van der Waals surface area contributed by atoms with E-state index in [4.69, 9.17) is 21.1 Å². The zero-order valence-electron chi connectivity index (χ0n) is 19.1. The van der Waals surface area contributed by atoms with E-state index in [0.29, 0.717) is 18.2 Å². The second-order valence-corrected chi connectivity index (χ2v) is 8.78. The SMILES string of the molecule is CCOC(=O)C[C@H](NC(=O)OC(C)(C)C)c1cc(-c2c(F)cc(F)cc2Cl)cc(C(F)(F)F)c1F. The molecular formula is C23H22ClF6NO4. The Labute approximate surface area is 202 Å². The van der Waals surface area contributed by atoms with Gasteiger partial charge in [0, 0.05) is 17.2 Å². The van der Waals surface area contributed by atoms with Crippen LogP contribution in [-0.2, 0) is 20.4 Å². The lowest BCUT2D eigenvalue weighted by Crippen LogP contribution is -2.36. The van der Waals surface area contributed by atoms with E-state index in [9.17, 15) is 31.5 Å². The van der Waals surface area contributed by atoms with Gasteiger partial charge in [-0.1, -0.05) is 11.6 Å². The Morgan fingerprint density at radius 3 is 2.20 bits per heavy atom. The highest BCUT2D eigenvalue weighted by molar-refractivity contribution is 6.33. The van der Waals surface area contributed by atoms with Gasteiger partial charge < -0.3 is 14.8 Å². The van der Waals surface area contributed by atoms with Crippen molar-refractivity contribution in [2.75, 3.05) is 6.61 Å². The van der Waals surface area contributed by atoms with Crippen molar-refractivity contribution in [3.63, 3.8) is 0 Å². The molecule has 0 aliphatic carbocycles. The van der Waals surface area contributed by atoms with Crippen molar-refractivity contribution in [3.05, 3.63) is 57.9 Å². The number of benzene rings is 2. The zero-order valence-corrected chi connectivity index (χ0v) is 19.8. The number of ether oxygens (including phenoxy) is 2. The van der Waals surface area contributed by atoms with E-state index < -0.39 is 81.0 Å². The normalized spacial score (nSPS) is 12.8. The minimum Gasteiger partial charge on any atom is -0.466 e. The molecule has 0 unspecified atom stereocenters. The summed E-state index contributed by atoms with van der Waals surface area (Å²) in [4.78, 5) is 24.4. The minimum absolute atomic E-state index is 0.0925. The highest BCUT2D eigenvalue weighted by atomic mass is 35.5. The third-order valence-electron chi connectivity index (χ3n) is 4.44. The molecule has 1 N–H and O–H groups in total. The van der Waals surface area contributed by atoms with Crippen LogP contribution in [0.25, 0.3) is 11.1 Å². The van der Waals surface area contributed by atoms with Crippen LogP contribution in [-0.4, -0.2) is 24.3 Å². The average molecular weight is 526 g/mol. The van der Waals surface area contributed by atoms with Crippen LogP contribution >= 0.6 is 11.6 Å². The summed E-state index contributed by atoms with van der Waals surface area (Å²) >= 11 is 5.87. The molecule has 0 aromatic heterocycles. The molecule has 5 nitrogen and oxygen atoms in total. The molecular weight excluding hydrogens is 504 g/mol. The summed E-state index contributed by atoms with van der Waals surface area (Å²) in [5.41, 5.74) is -4.85. The smallest absolute Gasteiger partial charge is 0.419 e. The summed E-state index contributed by atoms with van der Waals surface area (Å²) in [5, 5.41) is 1.59. The van der Waals surface area contributed by atoms with Gasteiger partial charge in [0.15, 0.2) is 0 Å². The number of esters is 1. The fraction of sp³-hybridized carbons (Fsp3) is 0.391. The zero-order chi connectivity index (χ0) is 26.7. The predicted molar refractivity (Wildman–Crippen MR) is 115 cm³/mol. The van der Waals surface area contributed by atoms with Crippen LogP contribution in [0.4, 0.5) is 31.1 Å². The maximum Gasteiger partial charge on any atom is 0.419 e. The third kappa shape index (κ3) is 7.51. The first-order chi connectivity index (χ1) is 16.0. The van der Waals surface area contributed by atoms with Gasteiger partial charge in [0.05, 0.1) is 29.7 Å². The fourth-order valence-electron chi connectivity index (χ4n) is 3.14. The Morgan fingerprint density at radius 2 is 1.69 bits per heavy atom. The quantitative estimate of drug-likeness (QED) is 0.327. The summed E-state index contributed by atoms with van der Waals surface area (Å²) in [6, 6.07) is 0.453. The molecule has 2 rings (SSSR count). The molecule has 2 aromatic carbocycles. The van der Waals surface area contributed by atoms with E-state index >= 15 is 4.39 Å². The summed E-state index contributed by atoms with van der Waals surface area (Å²) in [5.74, 6) is -5.16. The van der Waals surface area contributed by atoms with E-state index in [-0.39, 0.29) is 6.61 Å². The van der Waals surface area contributed by atoms with Crippen LogP contribution in [0.5, 0.6) is 0 Å². The van der Waals surface area contributed by atoms with E-state index in [1.165, 1.54) is 27.7 Å². The summed E-state index contributed by atoms with van der Waals surface area (Å²) < 4.78 is 94.1. The number of halogens is 7. The van der Waals surface area contributed by atoms with Crippen LogP contribution in [0, 0.1) is 17.5 Å². The maximum absolute atomic E-state index is 15.2. The molecule has 192 valence electrons. The van der Waals surface area contributed by atoms with Crippen molar-refractivity contribution in [3.8, 4) is 11.1 Å². The van der Waals surface area contributed by atoms with E-state index in [1.54, 1.807) is 0 Å². The Kier molecular flexibility index (Phi) is 8.70. The van der Waals surface area contributed by atoms with E-state index in [2.05, 4.69) is 5.32 Å². The average Bonchev–Trinajstić information content (AvgIpc) is 2.65. The number of nitrogens with one attached hydrogen (secondary N) is 1. The first-order valence-electron chi connectivity index (χ1n) is 10.2. The van der Waals surface area contributed by atoms with E-state index in [0.717, 1.165) is 6.07 Å². The number of hydrogen-bond acceptors (Lipinski definition) is 4. The van der Waals surface area contributed by atoms with Gasteiger partial charge in [-0.05, 0) is 51.5 Å². The van der Waals surface area contributed by atoms with Crippen LogP contribution < -0.4 is 5.32 Å². The Bertz CT molecular complexity index is 1090. The van der Waals surface area contributed by atoms with Crippen molar-refractivity contribution in [2.24, 2.45) is 0 Å². The van der Waals surface area contributed by atoms with Crippen molar-refractivity contribution >= 4 is 23.7 Å². The molecule has 0 fully saturated rings. The topological polar surface area (TPSA) is 64.6 Å². The molecule has 0 saturated heterocycles. The second kappa shape index (κ2) is 10.8. The van der Waals surface area contributed by atoms with Gasteiger partial charge in [0.25, 0.3) is 0 Å². The summed E-state index contributed by atoms with van der Waals surface area (Å²) in [7, 11) is 0. The van der Waals surface area contributed by atoms with Gasteiger partial charge in [-0.3, -0.25) is 4.79 Å².